The van der Waals surface area contributed by atoms with Gasteiger partial charge in [-0.2, -0.15) is 5.26 Å². The molecule has 0 aromatic heterocycles. The fraction of sp³-hybridized carbons (Fsp3) is 0.357. The van der Waals surface area contributed by atoms with Gasteiger partial charge in [0, 0.05) is 11.3 Å². The Morgan fingerprint density at radius 1 is 1.40 bits per heavy atom. The molecule has 1 amide bonds. The van der Waals surface area contributed by atoms with Gasteiger partial charge < -0.3 is 10.1 Å². The van der Waals surface area contributed by atoms with Gasteiger partial charge in [-0.05, 0) is 18.6 Å². The maximum atomic E-state index is 11.7. The molecule has 5 nitrogen and oxygen atoms in total. The maximum absolute atomic E-state index is 11.7. The third-order valence-corrected chi connectivity index (χ3v) is 3.21. The van der Waals surface area contributed by atoms with Crippen LogP contribution >= 0.6 is 11.8 Å². The van der Waals surface area contributed by atoms with Crippen LogP contribution in [0.25, 0.3) is 0 Å². The van der Waals surface area contributed by atoms with E-state index in [1.807, 2.05) is 25.1 Å². The molecule has 0 atom stereocenters. The molecule has 0 aliphatic heterocycles. The second-order valence-corrected chi connectivity index (χ2v) is 4.92. The molecule has 6 heteroatoms. The van der Waals surface area contributed by atoms with Crippen LogP contribution in [-0.2, 0) is 14.3 Å². The number of nitrogens with zero attached hydrogens (tertiary/aromatic N) is 1. The average Bonchev–Trinajstić information content (AvgIpc) is 2.44. The summed E-state index contributed by atoms with van der Waals surface area (Å²) in [5.74, 6) is -0.465. The van der Waals surface area contributed by atoms with Gasteiger partial charge in [-0.3, -0.25) is 9.59 Å². The Bertz CT molecular complexity index is 511. The largest absolute Gasteiger partial charge is 0.456 e. The molecule has 0 heterocycles. The summed E-state index contributed by atoms with van der Waals surface area (Å²) < 4.78 is 4.83. The second-order valence-electron chi connectivity index (χ2n) is 3.90. The number of anilines is 1. The molecule has 0 unspecified atom stereocenters. The summed E-state index contributed by atoms with van der Waals surface area (Å²) in [5, 5.41) is 11.3. The van der Waals surface area contributed by atoms with E-state index in [0.29, 0.717) is 24.3 Å². The van der Waals surface area contributed by atoms with Crippen LogP contribution in [0.2, 0.25) is 0 Å². The molecule has 0 spiro atoms. The summed E-state index contributed by atoms with van der Waals surface area (Å²) >= 11 is 1.34. The van der Waals surface area contributed by atoms with Crippen LogP contribution in [0.4, 0.5) is 5.69 Å². The highest BCUT2D eigenvalue weighted by Gasteiger charge is 2.09. The number of benzene rings is 1. The maximum Gasteiger partial charge on any atom is 0.306 e. The first kappa shape index (κ1) is 16.1. The number of rotatable bonds is 7. The van der Waals surface area contributed by atoms with Gasteiger partial charge in [-0.1, -0.05) is 19.1 Å². The molecule has 0 fully saturated rings. The smallest absolute Gasteiger partial charge is 0.306 e. The van der Waals surface area contributed by atoms with Gasteiger partial charge in [-0.25, -0.2) is 0 Å². The zero-order chi connectivity index (χ0) is 14.8. The molecule has 0 bridgehead atoms. The number of carbonyl (C=O) groups excluding carboxylic acids is 2. The van der Waals surface area contributed by atoms with E-state index in [9.17, 15) is 9.59 Å². The zero-order valence-corrected chi connectivity index (χ0v) is 12.0. The minimum atomic E-state index is -0.389. The number of ether oxygens (including phenoxy) is 1. The van der Waals surface area contributed by atoms with Crippen molar-refractivity contribution in [2.45, 2.75) is 24.7 Å². The first-order valence-corrected chi connectivity index (χ1v) is 7.20. The Kier molecular flexibility index (Phi) is 7.22. The van der Waals surface area contributed by atoms with Crippen LogP contribution in [0, 0.1) is 11.3 Å². The van der Waals surface area contributed by atoms with Crippen LogP contribution in [-0.4, -0.2) is 24.2 Å². The third-order valence-electron chi connectivity index (χ3n) is 2.27. The molecule has 0 aliphatic rings. The van der Waals surface area contributed by atoms with Crippen LogP contribution < -0.4 is 5.32 Å². The molecule has 0 saturated heterocycles. The van der Waals surface area contributed by atoms with Crippen LogP contribution in [0.15, 0.2) is 29.2 Å². The molecule has 1 N–H and O–H groups in total. The molecule has 20 heavy (non-hydrogen) atoms. The molecule has 106 valence electrons. The second kappa shape index (κ2) is 8.99. The zero-order valence-electron chi connectivity index (χ0n) is 11.2. The van der Waals surface area contributed by atoms with Crippen molar-refractivity contribution in [2.24, 2.45) is 0 Å². The van der Waals surface area contributed by atoms with Gasteiger partial charge in [0.15, 0.2) is 6.61 Å². The third kappa shape index (κ3) is 5.76. The van der Waals surface area contributed by atoms with E-state index in [0.717, 1.165) is 4.90 Å². The van der Waals surface area contributed by atoms with E-state index in [1.165, 1.54) is 11.8 Å². The Hall–Kier alpha value is -2.00. The predicted molar refractivity (Wildman–Crippen MR) is 77.3 cm³/mol. The summed E-state index contributed by atoms with van der Waals surface area (Å²) in [6, 6.07) is 9.21. The molecule has 0 saturated carbocycles. The highest BCUT2D eigenvalue weighted by molar-refractivity contribution is 7.99. The van der Waals surface area contributed by atoms with Crippen molar-refractivity contribution in [1.82, 2.24) is 0 Å². The van der Waals surface area contributed by atoms with Crippen molar-refractivity contribution >= 4 is 29.3 Å². The van der Waals surface area contributed by atoms with Crippen molar-refractivity contribution in [3.63, 3.8) is 0 Å². The fourth-order valence-electron chi connectivity index (χ4n) is 1.41. The summed E-state index contributed by atoms with van der Waals surface area (Å²) in [6.45, 7) is 1.57. The summed E-state index contributed by atoms with van der Waals surface area (Å²) in [5.41, 5.74) is 0.615. The van der Waals surface area contributed by atoms with E-state index in [-0.39, 0.29) is 18.5 Å². The molecule has 0 aliphatic carbocycles. The number of nitriles is 1. The Morgan fingerprint density at radius 3 is 2.85 bits per heavy atom. The van der Waals surface area contributed by atoms with Crippen LogP contribution in [0.1, 0.15) is 19.8 Å². The highest BCUT2D eigenvalue weighted by atomic mass is 32.2. The number of hydrogen-bond donors (Lipinski definition) is 1. The van der Waals surface area contributed by atoms with E-state index >= 15 is 0 Å². The lowest BCUT2D eigenvalue weighted by atomic mass is 10.3. The topological polar surface area (TPSA) is 79.2 Å². The van der Waals surface area contributed by atoms with E-state index < -0.39 is 0 Å². The highest BCUT2D eigenvalue weighted by Crippen LogP contribution is 2.26. The molecule has 1 rings (SSSR count). The fourth-order valence-corrected chi connectivity index (χ4v) is 2.08. The monoisotopic (exact) mass is 292 g/mol. The molecule has 1 aromatic rings. The van der Waals surface area contributed by atoms with E-state index in [1.54, 1.807) is 12.1 Å². The van der Waals surface area contributed by atoms with Gasteiger partial charge in [0.05, 0.1) is 17.5 Å². The number of para-hydroxylation sites is 1. The Morgan fingerprint density at radius 2 is 2.15 bits per heavy atom. The van der Waals surface area contributed by atoms with Gasteiger partial charge in [0.25, 0.3) is 5.91 Å². The van der Waals surface area contributed by atoms with E-state index in [4.69, 9.17) is 10.00 Å². The number of esters is 1. The lowest BCUT2D eigenvalue weighted by Gasteiger charge is -2.09. The van der Waals surface area contributed by atoms with Gasteiger partial charge >= 0.3 is 5.97 Å². The van der Waals surface area contributed by atoms with Crippen LogP contribution in [0.3, 0.4) is 0 Å². The number of carbonyl (C=O) groups is 2. The summed E-state index contributed by atoms with van der Waals surface area (Å²) in [7, 11) is 0. The summed E-state index contributed by atoms with van der Waals surface area (Å²) in [4.78, 5) is 23.7. The van der Waals surface area contributed by atoms with Crippen LogP contribution in [0.5, 0.6) is 0 Å². The SMILES string of the molecule is CCCC(=O)OCC(=O)Nc1ccccc1SCC#N. The first-order chi connectivity index (χ1) is 9.67. The number of amides is 1. The number of thioether (sulfide) groups is 1. The lowest BCUT2D eigenvalue weighted by Crippen LogP contribution is -2.21. The molecule has 1 aromatic carbocycles. The normalized spacial score (nSPS) is 9.60. The first-order valence-electron chi connectivity index (χ1n) is 6.21. The average molecular weight is 292 g/mol. The van der Waals surface area contributed by atoms with Gasteiger partial charge in [0.2, 0.25) is 0 Å². The Balaban J connectivity index is 2.53. The van der Waals surface area contributed by atoms with Gasteiger partial charge in [-0.15, -0.1) is 11.8 Å². The Labute approximate surface area is 122 Å². The van der Waals surface area contributed by atoms with Crippen molar-refractivity contribution < 1.29 is 14.3 Å². The minimum Gasteiger partial charge on any atom is -0.456 e. The van der Waals surface area contributed by atoms with Crippen molar-refractivity contribution in [3.05, 3.63) is 24.3 Å². The lowest BCUT2D eigenvalue weighted by molar-refractivity contribution is -0.147. The molecule has 0 radical (unpaired) electrons. The summed E-state index contributed by atoms with van der Waals surface area (Å²) in [6.07, 6.45) is 0.996. The quantitative estimate of drug-likeness (QED) is 0.617. The predicted octanol–water partition coefficient (Wildman–Crippen LogP) is 2.58. The molecular weight excluding hydrogens is 276 g/mol. The van der Waals surface area contributed by atoms with Crippen molar-refractivity contribution in [2.75, 3.05) is 17.7 Å². The number of hydrogen-bond acceptors (Lipinski definition) is 5. The van der Waals surface area contributed by atoms with E-state index in [2.05, 4.69) is 5.32 Å². The van der Waals surface area contributed by atoms with Crippen molar-refractivity contribution in [3.8, 4) is 6.07 Å². The van der Waals surface area contributed by atoms with Gasteiger partial charge in [0.1, 0.15) is 0 Å². The van der Waals surface area contributed by atoms with Crippen molar-refractivity contribution in [1.29, 1.82) is 5.26 Å². The molecular formula is C14H16N2O3S. The number of nitrogens with one attached hydrogen (secondary N) is 1. The standard InChI is InChI=1S/C14H16N2O3S/c1-2-5-14(18)19-10-13(17)16-11-6-3-4-7-12(11)20-9-8-15/h3-4,6-7H,2,5,9-10H2,1H3,(H,16,17). The minimum absolute atomic E-state index is 0.296.